The lowest BCUT2D eigenvalue weighted by Crippen LogP contribution is -2.50. The third-order valence-corrected chi connectivity index (χ3v) is 5.92. The zero-order valence-corrected chi connectivity index (χ0v) is 21.1. The molecule has 2 rings (SSSR count). The van der Waals surface area contributed by atoms with Crippen molar-refractivity contribution in [3.8, 4) is 5.75 Å². The van der Waals surface area contributed by atoms with Crippen molar-refractivity contribution in [2.45, 2.75) is 66.0 Å². The standard InChI is InChI=1S/C28H43N3O2/c1-22(2)17-19-31(21-28(4,5)30-18-9-10-23(3)27(29)32)25-13-15-26(16-14-25)33-20-24-11-7-6-8-12-24/h6-8,11-16,22-23,30H,9-10,17-21H2,1-5H3,(H2,29,32). The fraction of sp³-hybridized carbons (Fsp3) is 0.536. The average molecular weight is 454 g/mol. The van der Waals surface area contributed by atoms with Gasteiger partial charge < -0.3 is 20.7 Å². The Labute approximate surface area is 200 Å². The van der Waals surface area contributed by atoms with Crippen molar-refractivity contribution >= 4 is 11.6 Å². The highest BCUT2D eigenvalue weighted by Crippen LogP contribution is 2.23. The molecule has 182 valence electrons. The minimum absolute atomic E-state index is 0.0601. The number of primary amides is 1. The van der Waals surface area contributed by atoms with E-state index >= 15 is 0 Å². The zero-order valence-electron chi connectivity index (χ0n) is 21.1. The van der Waals surface area contributed by atoms with Crippen LogP contribution in [0.4, 0.5) is 5.69 Å². The molecule has 1 atom stereocenters. The molecule has 1 unspecified atom stereocenters. The summed E-state index contributed by atoms with van der Waals surface area (Å²) in [5.41, 5.74) is 7.69. The smallest absolute Gasteiger partial charge is 0.220 e. The van der Waals surface area contributed by atoms with Crippen molar-refractivity contribution in [1.29, 1.82) is 0 Å². The van der Waals surface area contributed by atoms with Crippen LogP contribution >= 0.6 is 0 Å². The van der Waals surface area contributed by atoms with E-state index in [2.05, 4.69) is 74.3 Å². The first-order chi connectivity index (χ1) is 15.7. The molecule has 5 heteroatoms. The fourth-order valence-electron chi connectivity index (χ4n) is 3.72. The van der Waals surface area contributed by atoms with Gasteiger partial charge in [0.15, 0.2) is 0 Å². The number of benzene rings is 2. The quantitative estimate of drug-likeness (QED) is 0.355. The minimum atomic E-state index is -0.217. The molecule has 0 aliphatic carbocycles. The number of rotatable bonds is 15. The largest absolute Gasteiger partial charge is 0.489 e. The highest BCUT2D eigenvalue weighted by Gasteiger charge is 2.22. The van der Waals surface area contributed by atoms with Crippen LogP contribution in [0.25, 0.3) is 0 Å². The average Bonchev–Trinajstić information content (AvgIpc) is 2.79. The van der Waals surface area contributed by atoms with Crippen molar-refractivity contribution in [3.05, 3.63) is 60.2 Å². The Morgan fingerprint density at radius 2 is 1.70 bits per heavy atom. The number of hydrogen-bond acceptors (Lipinski definition) is 4. The van der Waals surface area contributed by atoms with Gasteiger partial charge in [0.1, 0.15) is 12.4 Å². The van der Waals surface area contributed by atoms with Crippen LogP contribution in [0.3, 0.4) is 0 Å². The van der Waals surface area contributed by atoms with Crippen molar-refractivity contribution in [2.75, 3.05) is 24.5 Å². The maximum absolute atomic E-state index is 11.2. The Balaban J connectivity index is 1.95. The normalized spacial score (nSPS) is 12.5. The molecule has 0 aliphatic heterocycles. The number of carbonyl (C=O) groups is 1. The van der Waals surface area contributed by atoms with E-state index in [-0.39, 0.29) is 17.4 Å². The molecule has 0 fully saturated rings. The lowest BCUT2D eigenvalue weighted by atomic mass is 10.0. The van der Waals surface area contributed by atoms with Gasteiger partial charge in [0.05, 0.1) is 0 Å². The molecule has 2 aromatic rings. The van der Waals surface area contributed by atoms with E-state index in [0.29, 0.717) is 12.5 Å². The van der Waals surface area contributed by atoms with Gasteiger partial charge in [0.2, 0.25) is 5.91 Å². The maximum atomic E-state index is 11.2. The molecule has 0 heterocycles. The summed E-state index contributed by atoms with van der Waals surface area (Å²) >= 11 is 0. The molecular weight excluding hydrogens is 410 g/mol. The SMILES string of the molecule is CC(C)CCN(CC(C)(C)NCCCC(C)C(N)=O)c1ccc(OCc2ccccc2)cc1. The summed E-state index contributed by atoms with van der Waals surface area (Å²) in [6.07, 6.45) is 2.89. The van der Waals surface area contributed by atoms with E-state index in [9.17, 15) is 4.79 Å². The maximum Gasteiger partial charge on any atom is 0.220 e. The van der Waals surface area contributed by atoms with Crippen LogP contribution in [0, 0.1) is 11.8 Å². The van der Waals surface area contributed by atoms with Gasteiger partial charge >= 0.3 is 0 Å². The number of ether oxygens (including phenoxy) is 1. The molecule has 0 radical (unpaired) electrons. The monoisotopic (exact) mass is 453 g/mol. The molecule has 0 saturated heterocycles. The summed E-state index contributed by atoms with van der Waals surface area (Å²) in [4.78, 5) is 13.7. The van der Waals surface area contributed by atoms with Crippen LogP contribution < -0.4 is 20.7 Å². The molecule has 0 aromatic heterocycles. The number of hydrogen-bond donors (Lipinski definition) is 2. The second-order valence-corrected chi connectivity index (χ2v) is 10.1. The predicted molar refractivity (Wildman–Crippen MR) is 139 cm³/mol. The number of amides is 1. The van der Waals surface area contributed by atoms with Crippen LogP contribution in [-0.4, -0.2) is 31.1 Å². The van der Waals surface area contributed by atoms with Gasteiger partial charge in [-0.2, -0.15) is 0 Å². The van der Waals surface area contributed by atoms with E-state index in [0.717, 1.165) is 50.2 Å². The van der Waals surface area contributed by atoms with E-state index in [1.54, 1.807) is 0 Å². The molecular formula is C28H43N3O2. The van der Waals surface area contributed by atoms with Gasteiger partial charge in [0, 0.05) is 30.2 Å². The summed E-state index contributed by atoms with van der Waals surface area (Å²) in [6, 6.07) is 18.7. The first-order valence-electron chi connectivity index (χ1n) is 12.2. The van der Waals surface area contributed by atoms with E-state index in [1.165, 1.54) is 5.69 Å². The number of anilines is 1. The first kappa shape index (κ1) is 26.7. The molecule has 0 aliphatic rings. The van der Waals surface area contributed by atoms with Crippen molar-refractivity contribution < 1.29 is 9.53 Å². The number of nitrogens with two attached hydrogens (primary N) is 1. The Hall–Kier alpha value is -2.53. The van der Waals surface area contributed by atoms with Crippen molar-refractivity contribution in [1.82, 2.24) is 5.32 Å². The van der Waals surface area contributed by atoms with Crippen LogP contribution in [0.5, 0.6) is 5.75 Å². The summed E-state index contributed by atoms with van der Waals surface area (Å²) in [7, 11) is 0. The lowest BCUT2D eigenvalue weighted by molar-refractivity contribution is -0.121. The number of carbonyl (C=O) groups excluding carboxylic acids is 1. The van der Waals surface area contributed by atoms with Gasteiger partial charge in [-0.05, 0) is 75.4 Å². The van der Waals surface area contributed by atoms with Crippen LogP contribution in [0.1, 0.15) is 59.4 Å². The first-order valence-corrected chi connectivity index (χ1v) is 12.2. The van der Waals surface area contributed by atoms with E-state index < -0.39 is 0 Å². The molecule has 0 spiro atoms. The van der Waals surface area contributed by atoms with Gasteiger partial charge in [0.25, 0.3) is 0 Å². The lowest BCUT2D eigenvalue weighted by Gasteiger charge is -2.36. The number of nitrogens with zero attached hydrogens (tertiary/aromatic N) is 1. The van der Waals surface area contributed by atoms with Gasteiger partial charge in [-0.15, -0.1) is 0 Å². The third kappa shape index (κ3) is 10.3. The molecule has 3 N–H and O–H groups in total. The second-order valence-electron chi connectivity index (χ2n) is 10.1. The summed E-state index contributed by atoms with van der Waals surface area (Å²) in [5.74, 6) is 1.24. The molecule has 1 amide bonds. The van der Waals surface area contributed by atoms with Crippen LogP contribution in [-0.2, 0) is 11.4 Å². The summed E-state index contributed by atoms with van der Waals surface area (Å²) in [5, 5.41) is 3.67. The molecule has 2 aromatic carbocycles. The summed E-state index contributed by atoms with van der Waals surface area (Å²) in [6.45, 7) is 14.3. The Morgan fingerprint density at radius 3 is 2.30 bits per heavy atom. The highest BCUT2D eigenvalue weighted by atomic mass is 16.5. The third-order valence-electron chi connectivity index (χ3n) is 5.92. The van der Waals surface area contributed by atoms with Gasteiger partial charge in [-0.3, -0.25) is 4.79 Å². The van der Waals surface area contributed by atoms with Crippen LogP contribution in [0.2, 0.25) is 0 Å². The molecule has 5 nitrogen and oxygen atoms in total. The van der Waals surface area contributed by atoms with Gasteiger partial charge in [-0.1, -0.05) is 51.1 Å². The second kappa shape index (κ2) is 13.2. The number of nitrogens with one attached hydrogen (secondary N) is 1. The Morgan fingerprint density at radius 1 is 1.03 bits per heavy atom. The Kier molecular flexibility index (Phi) is 10.7. The van der Waals surface area contributed by atoms with E-state index in [1.807, 2.05) is 25.1 Å². The van der Waals surface area contributed by atoms with Crippen molar-refractivity contribution in [3.63, 3.8) is 0 Å². The predicted octanol–water partition coefficient (Wildman–Crippen LogP) is 5.39. The van der Waals surface area contributed by atoms with Gasteiger partial charge in [-0.25, -0.2) is 0 Å². The Bertz CT molecular complexity index is 819. The molecule has 33 heavy (non-hydrogen) atoms. The molecule has 0 bridgehead atoms. The van der Waals surface area contributed by atoms with E-state index in [4.69, 9.17) is 10.5 Å². The summed E-state index contributed by atoms with van der Waals surface area (Å²) < 4.78 is 5.96. The molecule has 0 saturated carbocycles. The van der Waals surface area contributed by atoms with Crippen LogP contribution in [0.15, 0.2) is 54.6 Å². The van der Waals surface area contributed by atoms with Crippen molar-refractivity contribution in [2.24, 2.45) is 17.6 Å². The fourth-order valence-corrected chi connectivity index (χ4v) is 3.72. The highest BCUT2D eigenvalue weighted by molar-refractivity contribution is 5.76. The minimum Gasteiger partial charge on any atom is -0.489 e. The zero-order chi connectivity index (χ0) is 24.3. The topological polar surface area (TPSA) is 67.6 Å².